The van der Waals surface area contributed by atoms with Crippen LogP contribution < -0.4 is 0 Å². The molecule has 0 saturated carbocycles. The molecule has 0 aliphatic carbocycles. The number of nitrogens with zero attached hydrogens (tertiary/aromatic N) is 2. The van der Waals surface area contributed by atoms with Crippen LogP contribution >= 0.6 is 57.7 Å². The van der Waals surface area contributed by atoms with Crippen LogP contribution in [-0.4, -0.2) is 49.1 Å². The van der Waals surface area contributed by atoms with E-state index in [4.69, 9.17) is 51.1 Å². The second-order valence-electron chi connectivity index (χ2n) is 10.3. The van der Waals surface area contributed by atoms with Gasteiger partial charge in [-0.1, -0.05) is 58.5 Å². The predicted molar refractivity (Wildman–Crippen MR) is 158 cm³/mol. The number of piperidine rings is 1. The normalized spacial score (nSPS) is 21.6. The molecule has 0 spiro atoms. The van der Waals surface area contributed by atoms with Crippen molar-refractivity contribution >= 4 is 57.7 Å². The number of rotatable bonds is 9. The van der Waals surface area contributed by atoms with Crippen LogP contribution in [-0.2, 0) is 17.9 Å². The summed E-state index contributed by atoms with van der Waals surface area (Å²) in [7, 11) is 0. The van der Waals surface area contributed by atoms with Gasteiger partial charge in [0, 0.05) is 58.8 Å². The van der Waals surface area contributed by atoms with Gasteiger partial charge in [-0.2, -0.15) is 11.3 Å². The second-order valence-corrected chi connectivity index (χ2v) is 12.8. The number of hydrogen-bond donors (Lipinski definition) is 0. The third-order valence-corrected chi connectivity index (χ3v) is 9.60. The van der Waals surface area contributed by atoms with Crippen molar-refractivity contribution in [3.63, 3.8) is 0 Å². The first-order valence-corrected chi connectivity index (χ1v) is 15.3. The molecule has 0 N–H and O–H groups in total. The lowest BCUT2D eigenvalue weighted by Crippen LogP contribution is -2.39. The molecule has 2 saturated heterocycles. The van der Waals surface area contributed by atoms with Gasteiger partial charge in [-0.25, -0.2) is 0 Å². The molecule has 3 aromatic rings. The summed E-state index contributed by atoms with van der Waals surface area (Å²) in [5.41, 5.74) is 3.62. The topological polar surface area (TPSA) is 15.7 Å². The molecule has 0 radical (unpaired) electrons. The first-order chi connectivity index (χ1) is 17.9. The fraction of sp³-hybridized carbons (Fsp3) is 0.448. The van der Waals surface area contributed by atoms with Crippen molar-refractivity contribution in [1.29, 1.82) is 0 Å². The van der Waals surface area contributed by atoms with Crippen molar-refractivity contribution in [3.05, 3.63) is 90.0 Å². The summed E-state index contributed by atoms with van der Waals surface area (Å²) >= 11 is 26.7. The van der Waals surface area contributed by atoms with E-state index in [0.717, 1.165) is 62.0 Å². The molecule has 8 heteroatoms. The van der Waals surface area contributed by atoms with Gasteiger partial charge >= 0.3 is 0 Å². The molecule has 0 amide bonds. The van der Waals surface area contributed by atoms with Gasteiger partial charge in [0.1, 0.15) is 0 Å². The standard InChI is InChI=1S/C29H32Cl4N2OS/c30-25-3-1-21(28(32)11-25)13-35-15-24(27(16-35)23-7-10-37-19-23)14-34-8-5-20(6-9-34)17-36-18-22-2-4-26(31)12-29(22)33/h1-4,7,10-12,19-20,24,27H,5-6,8-9,13-18H2/t24-,27+/m0/s1. The minimum atomic E-state index is 0.536. The van der Waals surface area contributed by atoms with Gasteiger partial charge in [0.15, 0.2) is 0 Å². The van der Waals surface area contributed by atoms with Gasteiger partial charge in [-0.3, -0.25) is 4.90 Å². The van der Waals surface area contributed by atoms with E-state index in [2.05, 4.69) is 32.7 Å². The molecule has 1 aromatic heterocycles. The lowest BCUT2D eigenvalue weighted by atomic mass is 9.89. The molecule has 2 fully saturated rings. The molecular weight excluding hydrogens is 566 g/mol. The summed E-state index contributed by atoms with van der Waals surface area (Å²) < 4.78 is 6.03. The van der Waals surface area contributed by atoms with E-state index < -0.39 is 0 Å². The number of benzene rings is 2. The van der Waals surface area contributed by atoms with Gasteiger partial charge in [0.05, 0.1) is 6.61 Å². The van der Waals surface area contributed by atoms with Crippen molar-refractivity contribution in [2.45, 2.75) is 31.9 Å². The third kappa shape index (κ3) is 7.43. The lowest BCUT2D eigenvalue weighted by molar-refractivity contribution is 0.0542. The van der Waals surface area contributed by atoms with Gasteiger partial charge in [-0.15, -0.1) is 0 Å². The van der Waals surface area contributed by atoms with E-state index in [0.29, 0.717) is 39.4 Å². The Hall–Kier alpha value is -0.820. The molecule has 0 bridgehead atoms. The zero-order valence-corrected chi connectivity index (χ0v) is 24.6. The van der Waals surface area contributed by atoms with Crippen LogP contribution in [0.2, 0.25) is 20.1 Å². The van der Waals surface area contributed by atoms with E-state index >= 15 is 0 Å². The molecule has 3 nitrogen and oxygen atoms in total. The van der Waals surface area contributed by atoms with Crippen LogP contribution in [0.4, 0.5) is 0 Å². The minimum absolute atomic E-state index is 0.536. The monoisotopic (exact) mass is 596 g/mol. The molecule has 2 aliphatic rings. The zero-order chi connectivity index (χ0) is 25.8. The Bertz CT molecular complexity index is 1170. The zero-order valence-electron chi connectivity index (χ0n) is 20.7. The highest BCUT2D eigenvalue weighted by molar-refractivity contribution is 7.08. The van der Waals surface area contributed by atoms with Gasteiger partial charge in [0.2, 0.25) is 0 Å². The van der Waals surface area contributed by atoms with E-state index in [1.807, 2.05) is 24.3 Å². The van der Waals surface area contributed by atoms with Gasteiger partial charge < -0.3 is 9.64 Å². The third-order valence-electron chi connectivity index (χ3n) is 7.72. The SMILES string of the molecule is Clc1ccc(COCC2CCN(C[C@H]3CN(Cc4ccc(Cl)cc4Cl)C[C@@H]3c3ccsc3)CC2)c(Cl)c1. The molecule has 2 aromatic carbocycles. The first-order valence-electron chi connectivity index (χ1n) is 12.9. The summed E-state index contributed by atoms with van der Waals surface area (Å²) in [4.78, 5) is 5.22. The molecule has 2 aliphatic heterocycles. The Balaban J connectivity index is 1.12. The molecule has 5 rings (SSSR count). The maximum absolute atomic E-state index is 6.49. The fourth-order valence-corrected chi connectivity index (χ4v) is 7.33. The van der Waals surface area contributed by atoms with Gasteiger partial charge in [0.25, 0.3) is 0 Å². The Morgan fingerprint density at radius 1 is 0.838 bits per heavy atom. The van der Waals surface area contributed by atoms with Crippen molar-refractivity contribution < 1.29 is 4.74 Å². The minimum Gasteiger partial charge on any atom is -0.376 e. The van der Waals surface area contributed by atoms with Crippen LogP contribution in [0.3, 0.4) is 0 Å². The summed E-state index contributed by atoms with van der Waals surface area (Å²) in [5.74, 6) is 1.77. The lowest BCUT2D eigenvalue weighted by Gasteiger charge is -2.34. The Morgan fingerprint density at radius 3 is 2.19 bits per heavy atom. The van der Waals surface area contributed by atoms with Crippen molar-refractivity contribution in [1.82, 2.24) is 9.80 Å². The van der Waals surface area contributed by atoms with Crippen molar-refractivity contribution in [3.8, 4) is 0 Å². The summed E-state index contributed by atoms with van der Waals surface area (Å²) in [6.45, 7) is 7.74. The van der Waals surface area contributed by atoms with E-state index in [-0.39, 0.29) is 0 Å². The smallest absolute Gasteiger partial charge is 0.0731 e. The number of hydrogen-bond acceptors (Lipinski definition) is 4. The van der Waals surface area contributed by atoms with Crippen molar-refractivity contribution in [2.24, 2.45) is 11.8 Å². The van der Waals surface area contributed by atoms with Crippen LogP contribution in [0.5, 0.6) is 0 Å². The molecule has 37 heavy (non-hydrogen) atoms. The van der Waals surface area contributed by atoms with Crippen LogP contribution in [0.15, 0.2) is 53.2 Å². The summed E-state index contributed by atoms with van der Waals surface area (Å²) in [6, 6.07) is 13.7. The Kier molecular flexibility index (Phi) is 9.76. The maximum Gasteiger partial charge on any atom is 0.0731 e. The highest BCUT2D eigenvalue weighted by Crippen LogP contribution is 2.36. The number of ether oxygens (including phenoxy) is 1. The van der Waals surface area contributed by atoms with Crippen LogP contribution in [0.25, 0.3) is 0 Å². The molecule has 3 heterocycles. The Labute approximate surface area is 244 Å². The Morgan fingerprint density at radius 2 is 1.54 bits per heavy atom. The number of halogens is 4. The average Bonchev–Trinajstić information content (AvgIpc) is 3.53. The molecule has 2 atom stereocenters. The van der Waals surface area contributed by atoms with Gasteiger partial charge in [-0.05, 0) is 95.5 Å². The molecular formula is C29H32Cl4N2OS. The number of likely N-dealkylation sites (tertiary alicyclic amines) is 2. The highest BCUT2D eigenvalue weighted by atomic mass is 35.5. The van der Waals surface area contributed by atoms with Crippen LogP contribution in [0, 0.1) is 11.8 Å². The molecule has 0 unspecified atom stereocenters. The predicted octanol–water partition coefficient (Wildman–Crippen LogP) is 8.51. The van der Waals surface area contributed by atoms with Crippen molar-refractivity contribution in [2.75, 3.05) is 39.3 Å². The highest BCUT2D eigenvalue weighted by Gasteiger charge is 2.36. The maximum atomic E-state index is 6.49. The quantitative estimate of drug-likeness (QED) is 0.246. The second kappa shape index (κ2) is 13.0. The summed E-state index contributed by atoms with van der Waals surface area (Å²) in [6.07, 6.45) is 2.35. The summed E-state index contributed by atoms with van der Waals surface area (Å²) in [5, 5.41) is 7.30. The fourth-order valence-electron chi connectivity index (χ4n) is 5.67. The molecule has 198 valence electrons. The average molecular weight is 598 g/mol. The number of thiophene rings is 1. The van der Waals surface area contributed by atoms with Crippen LogP contribution in [0.1, 0.15) is 35.4 Å². The van der Waals surface area contributed by atoms with E-state index in [1.165, 1.54) is 18.4 Å². The largest absolute Gasteiger partial charge is 0.376 e. The van der Waals surface area contributed by atoms with E-state index in [9.17, 15) is 0 Å². The van der Waals surface area contributed by atoms with E-state index in [1.54, 1.807) is 17.4 Å². The first kappa shape index (κ1) is 27.7.